The van der Waals surface area contributed by atoms with Crippen LogP contribution in [0.25, 0.3) is 0 Å². The Balaban J connectivity index is 2.02. The number of amides is 2. The minimum absolute atomic E-state index is 0.0522. The molecule has 1 atom stereocenters. The molecule has 0 saturated carbocycles. The quantitative estimate of drug-likeness (QED) is 0.868. The first-order valence-corrected chi connectivity index (χ1v) is 6.52. The lowest BCUT2D eigenvalue weighted by molar-refractivity contribution is -0.147. The van der Waals surface area contributed by atoms with Crippen molar-refractivity contribution in [3.8, 4) is 0 Å². The molecular formula is C14H18N2O4. The molecule has 2 rings (SSSR count). The molecule has 0 radical (unpaired) electrons. The number of fused-ring (bicyclic) bond motifs is 1. The number of methoxy groups -OCH3 is 1. The lowest BCUT2D eigenvalue weighted by atomic mass is 10.0. The van der Waals surface area contributed by atoms with Gasteiger partial charge in [0.15, 0.2) is 6.10 Å². The van der Waals surface area contributed by atoms with Gasteiger partial charge in [-0.1, -0.05) is 18.2 Å². The molecule has 0 bridgehead atoms. The van der Waals surface area contributed by atoms with Gasteiger partial charge < -0.3 is 15.2 Å². The Labute approximate surface area is 117 Å². The fraction of sp³-hybridized carbons (Fsp3) is 0.429. The Bertz CT molecular complexity index is 504. The molecular weight excluding hydrogens is 260 g/mol. The second kappa shape index (κ2) is 6.38. The van der Waals surface area contributed by atoms with E-state index in [0.717, 1.165) is 24.1 Å². The summed E-state index contributed by atoms with van der Waals surface area (Å²) in [6.07, 6.45) is 0.825. The van der Waals surface area contributed by atoms with Gasteiger partial charge in [-0.3, -0.25) is 4.90 Å². The zero-order valence-corrected chi connectivity index (χ0v) is 11.3. The summed E-state index contributed by atoms with van der Waals surface area (Å²) in [4.78, 5) is 24.6. The Morgan fingerprint density at radius 2 is 2.20 bits per heavy atom. The largest absolute Gasteiger partial charge is 0.479 e. The summed E-state index contributed by atoms with van der Waals surface area (Å²) in [6, 6.07) is 7.45. The number of hydrogen-bond acceptors (Lipinski definition) is 3. The number of para-hydroxylation sites is 1. The first kappa shape index (κ1) is 14.3. The Morgan fingerprint density at radius 3 is 2.90 bits per heavy atom. The highest BCUT2D eigenvalue weighted by molar-refractivity contribution is 5.93. The van der Waals surface area contributed by atoms with Crippen molar-refractivity contribution >= 4 is 17.7 Å². The molecule has 1 aromatic rings. The van der Waals surface area contributed by atoms with Gasteiger partial charge in [-0.15, -0.1) is 0 Å². The highest BCUT2D eigenvalue weighted by Gasteiger charge is 2.24. The number of ether oxygens (including phenoxy) is 1. The van der Waals surface area contributed by atoms with Crippen LogP contribution in [0.15, 0.2) is 24.3 Å². The molecule has 0 saturated heterocycles. The summed E-state index contributed by atoms with van der Waals surface area (Å²) in [5.41, 5.74) is 2.02. The summed E-state index contributed by atoms with van der Waals surface area (Å²) < 4.78 is 4.79. The summed E-state index contributed by atoms with van der Waals surface area (Å²) in [5, 5.41) is 11.5. The second-order valence-electron chi connectivity index (χ2n) is 4.63. The summed E-state index contributed by atoms with van der Waals surface area (Å²) >= 11 is 0. The van der Waals surface area contributed by atoms with Crippen molar-refractivity contribution < 1.29 is 19.4 Å². The normalized spacial score (nSPS) is 15.3. The first-order valence-electron chi connectivity index (χ1n) is 6.52. The molecule has 20 heavy (non-hydrogen) atoms. The van der Waals surface area contributed by atoms with Crippen molar-refractivity contribution in [2.24, 2.45) is 0 Å². The minimum Gasteiger partial charge on any atom is -0.479 e. The van der Waals surface area contributed by atoms with Crippen LogP contribution in [0.1, 0.15) is 12.0 Å². The zero-order valence-electron chi connectivity index (χ0n) is 11.3. The number of anilines is 1. The lowest BCUT2D eigenvalue weighted by Crippen LogP contribution is -2.46. The topological polar surface area (TPSA) is 78.9 Å². The van der Waals surface area contributed by atoms with Crippen molar-refractivity contribution in [2.45, 2.75) is 18.9 Å². The number of carbonyl (C=O) groups excluding carboxylic acids is 1. The number of aliphatic carboxylic acids is 1. The number of carboxylic acid groups (broad SMARTS) is 1. The van der Waals surface area contributed by atoms with Gasteiger partial charge in [-0.25, -0.2) is 9.59 Å². The van der Waals surface area contributed by atoms with E-state index in [-0.39, 0.29) is 12.6 Å². The van der Waals surface area contributed by atoms with E-state index < -0.39 is 12.1 Å². The van der Waals surface area contributed by atoms with E-state index in [1.807, 2.05) is 24.3 Å². The van der Waals surface area contributed by atoms with Gasteiger partial charge in [-0.2, -0.15) is 0 Å². The standard InChI is InChI=1S/C14H18N2O4/c1-20-12(13(17)18)9-15-14(19)16-8-4-6-10-5-2-3-7-11(10)16/h2-3,5,7,12H,4,6,8-9H2,1H3,(H,15,19)(H,17,18). The van der Waals surface area contributed by atoms with Crippen molar-refractivity contribution in [2.75, 3.05) is 25.1 Å². The molecule has 1 aliphatic rings. The molecule has 1 heterocycles. The molecule has 6 nitrogen and oxygen atoms in total. The van der Waals surface area contributed by atoms with E-state index >= 15 is 0 Å². The van der Waals surface area contributed by atoms with Gasteiger partial charge in [0, 0.05) is 19.3 Å². The molecule has 1 aliphatic heterocycles. The summed E-state index contributed by atoms with van der Waals surface area (Å²) in [7, 11) is 1.31. The number of urea groups is 1. The molecule has 6 heteroatoms. The third kappa shape index (κ3) is 3.08. The molecule has 0 aromatic heterocycles. The summed E-state index contributed by atoms with van der Waals surface area (Å²) in [6.45, 7) is 0.580. The van der Waals surface area contributed by atoms with Gasteiger partial charge in [0.05, 0.1) is 6.54 Å². The zero-order chi connectivity index (χ0) is 14.5. The second-order valence-corrected chi connectivity index (χ2v) is 4.63. The number of aryl methyl sites for hydroxylation is 1. The van der Waals surface area contributed by atoms with Crippen molar-refractivity contribution in [1.82, 2.24) is 5.32 Å². The van der Waals surface area contributed by atoms with Crippen LogP contribution in [-0.2, 0) is 16.0 Å². The smallest absolute Gasteiger partial charge is 0.334 e. The van der Waals surface area contributed by atoms with E-state index in [2.05, 4.69) is 5.32 Å². The highest BCUT2D eigenvalue weighted by atomic mass is 16.5. The Morgan fingerprint density at radius 1 is 1.45 bits per heavy atom. The first-order chi connectivity index (χ1) is 9.63. The number of carboxylic acids is 1. The number of rotatable bonds is 4. The molecule has 1 aromatic carbocycles. The van der Waals surface area contributed by atoms with E-state index in [9.17, 15) is 9.59 Å². The van der Waals surface area contributed by atoms with Crippen LogP contribution < -0.4 is 10.2 Å². The number of hydrogen-bond donors (Lipinski definition) is 2. The van der Waals surface area contributed by atoms with E-state index in [1.165, 1.54) is 7.11 Å². The van der Waals surface area contributed by atoms with Crippen LogP contribution in [-0.4, -0.2) is 43.4 Å². The van der Waals surface area contributed by atoms with Gasteiger partial charge in [-0.05, 0) is 24.5 Å². The predicted octanol–water partition coefficient (Wildman–Crippen LogP) is 1.25. The molecule has 0 aliphatic carbocycles. The van der Waals surface area contributed by atoms with Crippen molar-refractivity contribution in [3.05, 3.63) is 29.8 Å². The van der Waals surface area contributed by atoms with E-state index in [0.29, 0.717) is 6.54 Å². The molecule has 2 amide bonds. The number of carbonyl (C=O) groups is 2. The van der Waals surface area contributed by atoms with Crippen LogP contribution >= 0.6 is 0 Å². The predicted molar refractivity (Wildman–Crippen MR) is 73.9 cm³/mol. The Kier molecular flexibility index (Phi) is 4.57. The SMILES string of the molecule is COC(CNC(=O)N1CCCc2ccccc21)C(=O)O. The monoisotopic (exact) mass is 278 g/mol. The summed E-state index contributed by atoms with van der Waals surface area (Å²) in [5.74, 6) is -1.09. The fourth-order valence-electron chi connectivity index (χ4n) is 2.29. The number of nitrogens with one attached hydrogen (secondary N) is 1. The van der Waals surface area contributed by atoms with Gasteiger partial charge >= 0.3 is 12.0 Å². The molecule has 0 spiro atoms. The van der Waals surface area contributed by atoms with E-state index in [4.69, 9.17) is 9.84 Å². The maximum atomic E-state index is 12.2. The van der Waals surface area contributed by atoms with E-state index in [1.54, 1.807) is 4.90 Å². The lowest BCUT2D eigenvalue weighted by Gasteiger charge is -2.29. The molecule has 108 valence electrons. The van der Waals surface area contributed by atoms with Crippen LogP contribution in [0.2, 0.25) is 0 Å². The third-order valence-electron chi connectivity index (χ3n) is 3.35. The van der Waals surface area contributed by atoms with Gasteiger partial charge in [0.2, 0.25) is 0 Å². The van der Waals surface area contributed by atoms with Crippen LogP contribution in [0.4, 0.5) is 10.5 Å². The third-order valence-corrected chi connectivity index (χ3v) is 3.35. The highest BCUT2D eigenvalue weighted by Crippen LogP contribution is 2.26. The maximum absolute atomic E-state index is 12.2. The average molecular weight is 278 g/mol. The van der Waals surface area contributed by atoms with Crippen LogP contribution in [0.5, 0.6) is 0 Å². The van der Waals surface area contributed by atoms with Crippen molar-refractivity contribution in [1.29, 1.82) is 0 Å². The average Bonchev–Trinajstić information content (AvgIpc) is 2.46. The van der Waals surface area contributed by atoms with Crippen LogP contribution in [0.3, 0.4) is 0 Å². The Hall–Kier alpha value is -2.08. The molecule has 2 N–H and O–H groups in total. The molecule has 1 unspecified atom stereocenters. The van der Waals surface area contributed by atoms with Gasteiger partial charge in [0.1, 0.15) is 0 Å². The molecule has 0 fully saturated rings. The number of nitrogens with zero attached hydrogens (tertiary/aromatic N) is 1. The maximum Gasteiger partial charge on any atom is 0.334 e. The number of benzene rings is 1. The fourth-order valence-corrected chi connectivity index (χ4v) is 2.29. The van der Waals surface area contributed by atoms with Crippen LogP contribution in [0, 0.1) is 0 Å². The van der Waals surface area contributed by atoms with Gasteiger partial charge in [0.25, 0.3) is 0 Å². The minimum atomic E-state index is -1.09. The van der Waals surface area contributed by atoms with Crippen molar-refractivity contribution in [3.63, 3.8) is 0 Å².